The Hall–Kier alpha value is -3.02. The van der Waals surface area contributed by atoms with E-state index in [0.717, 1.165) is 23.7 Å². The van der Waals surface area contributed by atoms with Crippen molar-refractivity contribution < 1.29 is 9.53 Å². The van der Waals surface area contributed by atoms with Gasteiger partial charge in [0.05, 0.1) is 6.61 Å². The van der Waals surface area contributed by atoms with E-state index in [1.807, 2.05) is 49.4 Å². The minimum absolute atomic E-state index is 0.0503. The summed E-state index contributed by atoms with van der Waals surface area (Å²) in [6, 6.07) is 17.2. The van der Waals surface area contributed by atoms with E-state index in [1.165, 1.54) is 0 Å². The number of aliphatic imine (C=N–C) groups is 1. The molecular formula is C21H28N4O2. The number of guanidine groups is 1. The number of nitrogens with one attached hydrogen (secondary N) is 3. The third-order valence-electron chi connectivity index (χ3n) is 3.91. The number of benzene rings is 2. The SMILES string of the molecule is CCOc1ccccc1CNC(=NC)NCCCNC(=O)c1ccccc1. The maximum absolute atomic E-state index is 12.0. The Bertz CT molecular complexity index is 732. The standard InChI is InChI=1S/C21H28N4O2/c1-3-27-19-13-8-7-12-18(19)16-25-21(22-2)24-15-9-14-23-20(26)17-10-5-4-6-11-17/h4-8,10-13H,3,9,14-16H2,1-2H3,(H,23,26)(H2,22,24,25). The molecule has 0 bridgehead atoms. The zero-order valence-electron chi connectivity index (χ0n) is 16.0. The summed E-state index contributed by atoms with van der Waals surface area (Å²) in [6.07, 6.45) is 0.800. The van der Waals surface area contributed by atoms with Gasteiger partial charge in [-0.1, -0.05) is 36.4 Å². The lowest BCUT2D eigenvalue weighted by atomic mass is 10.2. The molecule has 0 saturated carbocycles. The molecule has 27 heavy (non-hydrogen) atoms. The monoisotopic (exact) mass is 368 g/mol. The van der Waals surface area contributed by atoms with Crippen molar-refractivity contribution in [3.63, 3.8) is 0 Å². The Morgan fingerprint density at radius 3 is 2.41 bits per heavy atom. The average Bonchev–Trinajstić information content (AvgIpc) is 2.71. The number of amides is 1. The van der Waals surface area contributed by atoms with Gasteiger partial charge in [-0.05, 0) is 31.5 Å². The van der Waals surface area contributed by atoms with Crippen LogP contribution in [0.5, 0.6) is 5.75 Å². The summed E-state index contributed by atoms with van der Waals surface area (Å²) in [6.45, 7) is 4.55. The average molecular weight is 368 g/mol. The lowest BCUT2D eigenvalue weighted by Gasteiger charge is -2.14. The number of hydrogen-bond acceptors (Lipinski definition) is 3. The number of carbonyl (C=O) groups is 1. The van der Waals surface area contributed by atoms with Gasteiger partial charge in [-0.3, -0.25) is 9.79 Å². The van der Waals surface area contributed by atoms with E-state index in [0.29, 0.717) is 31.8 Å². The summed E-state index contributed by atoms with van der Waals surface area (Å²) in [5.74, 6) is 1.55. The lowest BCUT2D eigenvalue weighted by Crippen LogP contribution is -2.38. The van der Waals surface area contributed by atoms with Crippen LogP contribution in [-0.2, 0) is 6.54 Å². The molecule has 0 saturated heterocycles. The highest BCUT2D eigenvalue weighted by Crippen LogP contribution is 2.17. The third-order valence-corrected chi connectivity index (χ3v) is 3.91. The molecule has 0 radical (unpaired) electrons. The largest absolute Gasteiger partial charge is 0.494 e. The Morgan fingerprint density at radius 1 is 0.963 bits per heavy atom. The topological polar surface area (TPSA) is 74.8 Å². The van der Waals surface area contributed by atoms with Crippen molar-refractivity contribution in [2.45, 2.75) is 19.9 Å². The second-order valence-corrected chi connectivity index (χ2v) is 5.87. The molecule has 0 heterocycles. The Kier molecular flexibility index (Phi) is 8.69. The summed E-state index contributed by atoms with van der Waals surface area (Å²) < 4.78 is 5.63. The van der Waals surface area contributed by atoms with Crippen LogP contribution in [0.25, 0.3) is 0 Å². The fourth-order valence-electron chi connectivity index (χ4n) is 2.53. The van der Waals surface area contributed by atoms with Gasteiger partial charge in [0.1, 0.15) is 5.75 Å². The highest BCUT2D eigenvalue weighted by atomic mass is 16.5. The van der Waals surface area contributed by atoms with Crippen LogP contribution in [0.3, 0.4) is 0 Å². The van der Waals surface area contributed by atoms with Gasteiger partial charge in [-0.25, -0.2) is 0 Å². The number of para-hydroxylation sites is 1. The minimum Gasteiger partial charge on any atom is -0.494 e. The van der Waals surface area contributed by atoms with Crippen LogP contribution in [0.15, 0.2) is 59.6 Å². The van der Waals surface area contributed by atoms with E-state index in [-0.39, 0.29) is 5.91 Å². The van der Waals surface area contributed by atoms with E-state index < -0.39 is 0 Å². The van der Waals surface area contributed by atoms with Crippen LogP contribution in [-0.4, -0.2) is 38.6 Å². The van der Waals surface area contributed by atoms with Crippen molar-refractivity contribution in [2.24, 2.45) is 4.99 Å². The van der Waals surface area contributed by atoms with Crippen molar-refractivity contribution in [1.82, 2.24) is 16.0 Å². The van der Waals surface area contributed by atoms with Crippen molar-refractivity contribution in [2.75, 3.05) is 26.7 Å². The first kappa shape index (κ1) is 20.3. The molecule has 0 atom stereocenters. The second-order valence-electron chi connectivity index (χ2n) is 5.87. The van der Waals surface area contributed by atoms with Crippen molar-refractivity contribution in [3.05, 3.63) is 65.7 Å². The summed E-state index contributed by atoms with van der Waals surface area (Å²) in [7, 11) is 1.74. The van der Waals surface area contributed by atoms with Crippen molar-refractivity contribution >= 4 is 11.9 Å². The molecule has 0 unspecified atom stereocenters. The number of rotatable bonds is 9. The van der Waals surface area contributed by atoms with Gasteiger partial charge in [0.25, 0.3) is 5.91 Å². The van der Waals surface area contributed by atoms with Crippen LogP contribution in [0.1, 0.15) is 29.3 Å². The number of ether oxygens (including phenoxy) is 1. The Balaban J connectivity index is 1.68. The van der Waals surface area contributed by atoms with E-state index >= 15 is 0 Å². The van der Waals surface area contributed by atoms with E-state index in [4.69, 9.17) is 4.74 Å². The lowest BCUT2D eigenvalue weighted by molar-refractivity contribution is 0.0953. The molecule has 0 fully saturated rings. The van der Waals surface area contributed by atoms with Gasteiger partial charge in [0.2, 0.25) is 0 Å². The molecule has 0 spiro atoms. The Morgan fingerprint density at radius 2 is 1.67 bits per heavy atom. The predicted octanol–water partition coefficient (Wildman–Crippen LogP) is 2.57. The number of hydrogen-bond donors (Lipinski definition) is 3. The first-order valence-corrected chi connectivity index (χ1v) is 9.23. The smallest absolute Gasteiger partial charge is 0.251 e. The van der Waals surface area contributed by atoms with Crippen LogP contribution in [0.2, 0.25) is 0 Å². The van der Waals surface area contributed by atoms with Crippen LogP contribution < -0.4 is 20.7 Å². The quantitative estimate of drug-likeness (QED) is 0.361. The predicted molar refractivity (Wildman–Crippen MR) is 109 cm³/mol. The molecule has 6 nitrogen and oxygen atoms in total. The fraction of sp³-hybridized carbons (Fsp3) is 0.333. The van der Waals surface area contributed by atoms with Gasteiger partial charge in [0.15, 0.2) is 5.96 Å². The molecule has 2 rings (SSSR count). The van der Waals surface area contributed by atoms with E-state index in [9.17, 15) is 4.79 Å². The molecule has 0 aromatic heterocycles. The molecule has 2 aromatic carbocycles. The maximum Gasteiger partial charge on any atom is 0.251 e. The molecule has 144 valence electrons. The van der Waals surface area contributed by atoms with E-state index in [1.54, 1.807) is 19.2 Å². The molecule has 1 amide bonds. The number of carbonyl (C=O) groups excluding carboxylic acids is 1. The highest BCUT2D eigenvalue weighted by molar-refractivity contribution is 5.94. The van der Waals surface area contributed by atoms with Crippen LogP contribution in [0, 0.1) is 0 Å². The highest BCUT2D eigenvalue weighted by Gasteiger charge is 2.05. The normalized spacial score (nSPS) is 11.0. The molecule has 2 aromatic rings. The van der Waals surface area contributed by atoms with Gasteiger partial charge in [0, 0.05) is 37.8 Å². The molecule has 6 heteroatoms. The second kappa shape index (κ2) is 11.6. The molecule has 0 aliphatic carbocycles. The van der Waals surface area contributed by atoms with Crippen LogP contribution in [0.4, 0.5) is 0 Å². The molecule has 0 aliphatic rings. The summed E-state index contributed by atoms with van der Waals surface area (Å²) in [4.78, 5) is 16.2. The zero-order valence-corrected chi connectivity index (χ0v) is 16.0. The maximum atomic E-state index is 12.0. The van der Waals surface area contributed by atoms with Gasteiger partial charge < -0.3 is 20.7 Å². The van der Waals surface area contributed by atoms with Crippen LogP contribution >= 0.6 is 0 Å². The summed E-state index contributed by atoms with van der Waals surface area (Å²) in [5, 5.41) is 9.45. The van der Waals surface area contributed by atoms with Gasteiger partial charge in [-0.2, -0.15) is 0 Å². The zero-order chi connectivity index (χ0) is 19.3. The molecule has 0 aliphatic heterocycles. The first-order chi connectivity index (χ1) is 13.2. The molecular weight excluding hydrogens is 340 g/mol. The summed E-state index contributed by atoms with van der Waals surface area (Å²) >= 11 is 0. The summed E-state index contributed by atoms with van der Waals surface area (Å²) in [5.41, 5.74) is 1.76. The van der Waals surface area contributed by atoms with Gasteiger partial charge >= 0.3 is 0 Å². The fourth-order valence-corrected chi connectivity index (χ4v) is 2.53. The number of nitrogens with zero attached hydrogens (tertiary/aromatic N) is 1. The Labute approximate surface area is 161 Å². The minimum atomic E-state index is -0.0503. The van der Waals surface area contributed by atoms with Gasteiger partial charge in [-0.15, -0.1) is 0 Å². The van der Waals surface area contributed by atoms with Crippen molar-refractivity contribution in [1.29, 1.82) is 0 Å². The third kappa shape index (κ3) is 7.01. The first-order valence-electron chi connectivity index (χ1n) is 9.23. The van der Waals surface area contributed by atoms with E-state index in [2.05, 4.69) is 20.9 Å². The van der Waals surface area contributed by atoms with Crippen molar-refractivity contribution in [3.8, 4) is 5.75 Å². The molecule has 3 N–H and O–H groups in total.